The summed E-state index contributed by atoms with van der Waals surface area (Å²) in [6, 6.07) is 34.4. The van der Waals surface area contributed by atoms with Gasteiger partial charge in [-0.05, 0) is 33.0 Å². The first-order valence-corrected chi connectivity index (χ1v) is 7.55. The van der Waals surface area contributed by atoms with Gasteiger partial charge in [-0.2, -0.15) is 0 Å². The Balaban J connectivity index is 0.00000156. The molecule has 0 radical (unpaired) electrons. The predicted octanol–water partition coefficient (Wildman–Crippen LogP) is 6.33. The Bertz CT molecular complexity index is 904. The van der Waals surface area contributed by atoms with Gasteiger partial charge in [0.1, 0.15) is 0 Å². The van der Waals surface area contributed by atoms with Crippen LogP contribution in [0.1, 0.15) is 0 Å². The Morgan fingerprint density at radius 3 is 1.74 bits per heavy atom. The molecular weight excluding hydrogens is 283 g/mol. The van der Waals surface area contributed by atoms with Crippen molar-refractivity contribution in [3.63, 3.8) is 0 Å². The molecule has 0 heterocycles. The van der Waals surface area contributed by atoms with Crippen LogP contribution in [0, 0.1) is 0 Å². The van der Waals surface area contributed by atoms with Crippen molar-refractivity contribution in [3.05, 3.63) is 97.1 Å². The second kappa shape index (κ2) is 6.45. The van der Waals surface area contributed by atoms with E-state index in [0.29, 0.717) is 0 Å². The summed E-state index contributed by atoms with van der Waals surface area (Å²) in [5, 5.41) is 2.59. The zero-order valence-electron chi connectivity index (χ0n) is 12.6. The fourth-order valence-electron chi connectivity index (χ4n) is 2.95. The molecule has 0 bridgehead atoms. The smallest absolute Gasteiger partial charge is 0.0105 e. The first-order chi connectivity index (χ1) is 10.9. The lowest BCUT2D eigenvalue weighted by molar-refractivity contribution is 1.11. The third-order valence-electron chi connectivity index (χ3n) is 4.09. The number of hydrogen-bond donors (Lipinski definition) is 0. The van der Waals surface area contributed by atoms with Gasteiger partial charge >= 0.3 is 0 Å². The molecule has 0 aromatic heterocycles. The molecule has 0 atom stereocenters. The van der Waals surface area contributed by atoms with Crippen LogP contribution in [0.5, 0.6) is 0 Å². The molecule has 0 aliphatic carbocycles. The molecule has 0 spiro atoms. The number of halogens is 1. The number of fused-ring (bicyclic) bond motifs is 1. The van der Waals surface area contributed by atoms with Crippen LogP contribution < -0.4 is 0 Å². The van der Waals surface area contributed by atoms with Crippen LogP contribution in [0.4, 0.5) is 4.70 Å². The average Bonchev–Trinajstić information content (AvgIpc) is 2.62. The molecule has 4 aromatic rings. The highest BCUT2D eigenvalue weighted by Gasteiger charge is 2.03. The minimum absolute atomic E-state index is 0. The molecule has 0 saturated heterocycles. The van der Waals surface area contributed by atoms with Crippen molar-refractivity contribution in [1.82, 2.24) is 0 Å². The molecule has 0 aliphatic rings. The lowest BCUT2D eigenvalue weighted by Crippen LogP contribution is -1.82. The predicted molar refractivity (Wildman–Crippen MR) is 97.3 cm³/mol. The van der Waals surface area contributed by atoms with E-state index in [1.807, 2.05) is 6.07 Å². The third kappa shape index (κ3) is 2.86. The fraction of sp³-hybridized carbons (Fsp3) is 0. The van der Waals surface area contributed by atoms with E-state index in [1.165, 1.54) is 33.0 Å². The van der Waals surface area contributed by atoms with Crippen molar-refractivity contribution in [2.45, 2.75) is 0 Å². The first-order valence-electron chi connectivity index (χ1n) is 7.55. The summed E-state index contributed by atoms with van der Waals surface area (Å²) >= 11 is 0. The van der Waals surface area contributed by atoms with Crippen molar-refractivity contribution >= 4 is 10.8 Å². The molecule has 0 unspecified atom stereocenters. The standard InChI is InChI=1S/C22H16.FH/c1-2-7-17(8-3-1)18-13-15-20(16-14-18)22-12-6-10-19-9-4-5-11-21(19)22;/h1-16H;1H. The lowest BCUT2D eigenvalue weighted by atomic mass is 9.96. The van der Waals surface area contributed by atoms with Gasteiger partial charge in [0.15, 0.2) is 0 Å². The monoisotopic (exact) mass is 300 g/mol. The van der Waals surface area contributed by atoms with E-state index in [0.717, 1.165) is 0 Å². The van der Waals surface area contributed by atoms with E-state index in [1.54, 1.807) is 0 Å². The van der Waals surface area contributed by atoms with Gasteiger partial charge in [0.05, 0.1) is 0 Å². The Labute approximate surface area is 135 Å². The maximum Gasteiger partial charge on any atom is -0.0105 e. The minimum Gasteiger partial charge on any atom is -0.269 e. The molecule has 0 fully saturated rings. The van der Waals surface area contributed by atoms with Crippen molar-refractivity contribution in [2.75, 3.05) is 0 Å². The van der Waals surface area contributed by atoms with Crippen LogP contribution in [0.15, 0.2) is 97.1 Å². The van der Waals surface area contributed by atoms with Crippen LogP contribution in [-0.2, 0) is 0 Å². The van der Waals surface area contributed by atoms with E-state index in [-0.39, 0.29) is 4.70 Å². The van der Waals surface area contributed by atoms with Crippen LogP contribution >= 0.6 is 0 Å². The molecule has 0 nitrogen and oxygen atoms in total. The average molecular weight is 300 g/mol. The van der Waals surface area contributed by atoms with Crippen molar-refractivity contribution < 1.29 is 4.70 Å². The topological polar surface area (TPSA) is 0 Å². The second-order valence-corrected chi connectivity index (χ2v) is 5.47. The maximum atomic E-state index is 2.21. The highest BCUT2D eigenvalue weighted by Crippen LogP contribution is 2.30. The Kier molecular flexibility index (Phi) is 4.20. The first kappa shape index (κ1) is 15.0. The summed E-state index contributed by atoms with van der Waals surface area (Å²) < 4.78 is 0. The third-order valence-corrected chi connectivity index (χ3v) is 4.09. The maximum absolute atomic E-state index is 2.21. The fourth-order valence-corrected chi connectivity index (χ4v) is 2.95. The zero-order chi connectivity index (χ0) is 14.8. The van der Waals surface area contributed by atoms with Crippen molar-refractivity contribution in [3.8, 4) is 22.3 Å². The van der Waals surface area contributed by atoms with E-state index in [9.17, 15) is 0 Å². The largest absolute Gasteiger partial charge is 0.269 e. The van der Waals surface area contributed by atoms with Gasteiger partial charge in [-0.25, -0.2) is 0 Å². The SMILES string of the molecule is F.c1ccc(-c2ccc(-c3cccc4ccccc34)cc2)cc1. The van der Waals surface area contributed by atoms with Crippen LogP contribution in [0.2, 0.25) is 0 Å². The van der Waals surface area contributed by atoms with E-state index in [4.69, 9.17) is 0 Å². The molecule has 112 valence electrons. The molecule has 4 rings (SSSR count). The Morgan fingerprint density at radius 1 is 0.391 bits per heavy atom. The van der Waals surface area contributed by atoms with Gasteiger partial charge in [-0.15, -0.1) is 0 Å². The number of benzene rings is 4. The minimum atomic E-state index is 0. The van der Waals surface area contributed by atoms with Crippen molar-refractivity contribution in [2.24, 2.45) is 0 Å². The van der Waals surface area contributed by atoms with Crippen LogP contribution in [0.25, 0.3) is 33.0 Å². The Morgan fingerprint density at radius 2 is 0.957 bits per heavy atom. The van der Waals surface area contributed by atoms with Gasteiger partial charge in [-0.3, -0.25) is 4.70 Å². The van der Waals surface area contributed by atoms with Crippen LogP contribution in [-0.4, -0.2) is 0 Å². The Hall–Kier alpha value is -2.93. The summed E-state index contributed by atoms with van der Waals surface area (Å²) in [4.78, 5) is 0. The van der Waals surface area contributed by atoms with Crippen molar-refractivity contribution in [1.29, 1.82) is 0 Å². The number of rotatable bonds is 2. The highest BCUT2D eigenvalue weighted by atomic mass is 19.0. The van der Waals surface area contributed by atoms with Gasteiger partial charge in [0, 0.05) is 0 Å². The molecule has 0 aliphatic heterocycles. The summed E-state index contributed by atoms with van der Waals surface area (Å²) in [6.45, 7) is 0. The molecule has 4 aromatic carbocycles. The summed E-state index contributed by atoms with van der Waals surface area (Å²) in [5.74, 6) is 0. The normalized spacial score (nSPS) is 10.3. The van der Waals surface area contributed by atoms with E-state index < -0.39 is 0 Å². The molecule has 23 heavy (non-hydrogen) atoms. The molecule has 0 saturated carbocycles. The van der Waals surface area contributed by atoms with Gasteiger partial charge in [0.2, 0.25) is 0 Å². The molecule has 0 N–H and O–H groups in total. The van der Waals surface area contributed by atoms with Gasteiger partial charge in [-0.1, -0.05) is 97.1 Å². The summed E-state index contributed by atoms with van der Waals surface area (Å²) in [6.07, 6.45) is 0. The zero-order valence-corrected chi connectivity index (χ0v) is 12.6. The van der Waals surface area contributed by atoms with Crippen LogP contribution in [0.3, 0.4) is 0 Å². The van der Waals surface area contributed by atoms with Gasteiger partial charge in [0.25, 0.3) is 0 Å². The van der Waals surface area contributed by atoms with E-state index in [2.05, 4.69) is 91.0 Å². The molecule has 0 amide bonds. The second-order valence-electron chi connectivity index (χ2n) is 5.47. The molecule has 1 heteroatoms. The highest BCUT2D eigenvalue weighted by molar-refractivity contribution is 5.96. The summed E-state index contributed by atoms with van der Waals surface area (Å²) in [5.41, 5.74) is 5.06. The quantitative estimate of drug-likeness (QED) is 0.406. The van der Waals surface area contributed by atoms with Gasteiger partial charge < -0.3 is 0 Å². The lowest BCUT2D eigenvalue weighted by Gasteiger charge is -2.08. The number of hydrogen-bond acceptors (Lipinski definition) is 0. The van der Waals surface area contributed by atoms with E-state index >= 15 is 0 Å². The molecular formula is C22H17F. The summed E-state index contributed by atoms with van der Waals surface area (Å²) in [7, 11) is 0.